The molecular formula is C13H8F3N3O. The summed E-state index contributed by atoms with van der Waals surface area (Å²) in [5.41, 5.74) is -0.434. The molecule has 0 fully saturated rings. The Morgan fingerprint density at radius 2 is 1.85 bits per heavy atom. The molecule has 0 aromatic carbocycles. The minimum Gasteiger partial charge on any atom is -0.472 e. The Morgan fingerprint density at radius 1 is 1.15 bits per heavy atom. The van der Waals surface area contributed by atoms with Gasteiger partial charge in [-0.15, -0.1) is 0 Å². The summed E-state index contributed by atoms with van der Waals surface area (Å²) in [5, 5.41) is 8.85. The van der Waals surface area contributed by atoms with Crippen LogP contribution in [0, 0.1) is 11.3 Å². The molecule has 0 N–H and O–H groups in total. The zero-order valence-electron chi connectivity index (χ0n) is 10.1. The third-order valence-corrected chi connectivity index (χ3v) is 2.40. The lowest BCUT2D eigenvalue weighted by Gasteiger charge is -2.10. The molecule has 0 spiro atoms. The van der Waals surface area contributed by atoms with Gasteiger partial charge >= 0.3 is 6.18 Å². The van der Waals surface area contributed by atoms with Crippen molar-refractivity contribution in [3.05, 3.63) is 53.5 Å². The monoisotopic (exact) mass is 279 g/mol. The number of halogens is 3. The van der Waals surface area contributed by atoms with Gasteiger partial charge in [0.1, 0.15) is 23.9 Å². The van der Waals surface area contributed by atoms with E-state index in [1.54, 1.807) is 18.2 Å². The zero-order valence-corrected chi connectivity index (χ0v) is 10.1. The molecule has 0 atom stereocenters. The van der Waals surface area contributed by atoms with Crippen LogP contribution in [0.4, 0.5) is 13.2 Å². The lowest BCUT2D eigenvalue weighted by molar-refractivity contribution is -0.141. The first-order valence-electron chi connectivity index (χ1n) is 5.51. The second kappa shape index (κ2) is 5.57. The summed E-state index contributed by atoms with van der Waals surface area (Å²) in [6.45, 7) is 0.00547. The van der Waals surface area contributed by atoms with Gasteiger partial charge in [0.15, 0.2) is 0 Å². The minimum absolute atomic E-state index is 0.00547. The molecule has 0 aliphatic heterocycles. The number of ether oxygens (including phenoxy) is 1. The van der Waals surface area contributed by atoms with Crippen LogP contribution in [0.5, 0.6) is 5.88 Å². The quantitative estimate of drug-likeness (QED) is 0.866. The largest absolute Gasteiger partial charge is 0.472 e. The molecule has 2 aromatic rings. The number of pyridine rings is 2. The van der Waals surface area contributed by atoms with E-state index in [1.807, 2.05) is 0 Å². The van der Waals surface area contributed by atoms with Crippen LogP contribution in [0.15, 0.2) is 36.7 Å². The SMILES string of the molecule is N#Cc1ccc(C(F)(F)F)nc1OCc1ccncc1. The summed E-state index contributed by atoms with van der Waals surface area (Å²) in [6, 6.07) is 6.84. The molecule has 2 rings (SSSR count). The molecule has 0 unspecified atom stereocenters. The second-order valence-corrected chi connectivity index (χ2v) is 3.80. The third kappa shape index (κ3) is 3.23. The maximum absolute atomic E-state index is 12.6. The number of nitriles is 1. The van der Waals surface area contributed by atoms with E-state index >= 15 is 0 Å². The number of aromatic nitrogens is 2. The van der Waals surface area contributed by atoms with E-state index in [9.17, 15) is 13.2 Å². The standard InChI is InChI=1S/C13H8F3N3O/c14-13(15,16)11-2-1-10(7-17)12(19-11)20-8-9-3-5-18-6-4-9/h1-6H,8H2. The molecule has 2 heterocycles. The van der Waals surface area contributed by atoms with Crippen molar-refractivity contribution in [2.45, 2.75) is 12.8 Å². The molecular weight excluding hydrogens is 271 g/mol. The first-order valence-corrected chi connectivity index (χ1v) is 5.51. The van der Waals surface area contributed by atoms with E-state index in [0.717, 1.165) is 12.1 Å². The summed E-state index contributed by atoms with van der Waals surface area (Å²) >= 11 is 0. The van der Waals surface area contributed by atoms with Crippen molar-refractivity contribution in [1.82, 2.24) is 9.97 Å². The van der Waals surface area contributed by atoms with Crippen LogP contribution in [-0.2, 0) is 12.8 Å². The van der Waals surface area contributed by atoms with Crippen LogP contribution >= 0.6 is 0 Å². The van der Waals surface area contributed by atoms with Crippen LogP contribution in [-0.4, -0.2) is 9.97 Å². The summed E-state index contributed by atoms with van der Waals surface area (Å²) < 4.78 is 42.9. The highest BCUT2D eigenvalue weighted by Crippen LogP contribution is 2.30. The molecule has 0 saturated heterocycles. The third-order valence-electron chi connectivity index (χ3n) is 2.40. The van der Waals surface area contributed by atoms with Crippen LogP contribution in [0.2, 0.25) is 0 Å². The van der Waals surface area contributed by atoms with Gasteiger partial charge in [0.05, 0.1) is 0 Å². The van der Waals surface area contributed by atoms with Crippen molar-refractivity contribution in [3.63, 3.8) is 0 Å². The molecule has 20 heavy (non-hydrogen) atoms. The Hall–Kier alpha value is -2.62. The van der Waals surface area contributed by atoms with Gasteiger partial charge in [0.25, 0.3) is 0 Å². The van der Waals surface area contributed by atoms with Crippen molar-refractivity contribution in [1.29, 1.82) is 5.26 Å². The van der Waals surface area contributed by atoms with Crippen LogP contribution in [0.3, 0.4) is 0 Å². The fourth-order valence-electron chi connectivity index (χ4n) is 1.42. The highest BCUT2D eigenvalue weighted by Gasteiger charge is 2.33. The summed E-state index contributed by atoms with van der Waals surface area (Å²) in [7, 11) is 0. The number of alkyl halides is 3. The first-order chi connectivity index (χ1) is 9.50. The van der Waals surface area contributed by atoms with E-state index < -0.39 is 11.9 Å². The molecule has 0 bridgehead atoms. The lowest BCUT2D eigenvalue weighted by atomic mass is 10.2. The van der Waals surface area contributed by atoms with Crippen LogP contribution in [0.1, 0.15) is 16.8 Å². The predicted octanol–water partition coefficient (Wildman–Crippen LogP) is 2.95. The van der Waals surface area contributed by atoms with E-state index in [2.05, 4.69) is 9.97 Å². The average Bonchev–Trinajstić information content (AvgIpc) is 2.45. The van der Waals surface area contributed by atoms with Gasteiger partial charge in [-0.05, 0) is 29.8 Å². The number of rotatable bonds is 3. The molecule has 7 heteroatoms. The minimum atomic E-state index is -4.58. The predicted molar refractivity (Wildman–Crippen MR) is 62.5 cm³/mol. The van der Waals surface area contributed by atoms with Crippen molar-refractivity contribution in [2.24, 2.45) is 0 Å². The van der Waals surface area contributed by atoms with Gasteiger partial charge in [0.2, 0.25) is 5.88 Å². The van der Waals surface area contributed by atoms with Crippen molar-refractivity contribution < 1.29 is 17.9 Å². The maximum atomic E-state index is 12.6. The van der Waals surface area contributed by atoms with Crippen molar-refractivity contribution in [2.75, 3.05) is 0 Å². The molecule has 4 nitrogen and oxygen atoms in total. The summed E-state index contributed by atoms with van der Waals surface area (Å²) in [6.07, 6.45) is -1.52. The zero-order chi connectivity index (χ0) is 14.6. The molecule has 0 saturated carbocycles. The van der Waals surface area contributed by atoms with Crippen molar-refractivity contribution in [3.8, 4) is 11.9 Å². The van der Waals surface area contributed by atoms with Gasteiger partial charge in [-0.25, -0.2) is 4.98 Å². The number of hydrogen-bond donors (Lipinski definition) is 0. The molecule has 0 amide bonds. The van der Waals surface area contributed by atoms with Gasteiger partial charge in [-0.1, -0.05) is 0 Å². The second-order valence-electron chi connectivity index (χ2n) is 3.80. The topological polar surface area (TPSA) is 58.8 Å². The van der Waals surface area contributed by atoms with E-state index in [0.29, 0.717) is 5.56 Å². The van der Waals surface area contributed by atoms with Gasteiger partial charge in [0, 0.05) is 12.4 Å². The van der Waals surface area contributed by atoms with Crippen molar-refractivity contribution >= 4 is 0 Å². The number of hydrogen-bond acceptors (Lipinski definition) is 4. The van der Waals surface area contributed by atoms with E-state index in [-0.39, 0.29) is 18.1 Å². The Labute approximate surface area is 112 Å². The highest BCUT2D eigenvalue weighted by atomic mass is 19.4. The summed E-state index contributed by atoms with van der Waals surface area (Å²) in [4.78, 5) is 7.15. The molecule has 102 valence electrons. The summed E-state index contributed by atoms with van der Waals surface area (Å²) in [5.74, 6) is -0.334. The fraction of sp³-hybridized carbons (Fsp3) is 0.154. The van der Waals surface area contributed by atoms with Gasteiger partial charge in [-0.3, -0.25) is 4.98 Å². The highest BCUT2D eigenvalue weighted by molar-refractivity contribution is 5.39. The normalized spacial score (nSPS) is 10.9. The maximum Gasteiger partial charge on any atom is 0.433 e. The molecule has 0 aliphatic carbocycles. The van der Waals surface area contributed by atoms with Crippen LogP contribution in [0.25, 0.3) is 0 Å². The average molecular weight is 279 g/mol. The molecule has 0 aliphatic rings. The Kier molecular flexibility index (Phi) is 3.84. The van der Waals surface area contributed by atoms with Gasteiger partial charge < -0.3 is 4.74 Å². The smallest absolute Gasteiger partial charge is 0.433 e. The number of nitrogens with zero attached hydrogens (tertiary/aromatic N) is 3. The lowest BCUT2D eigenvalue weighted by Crippen LogP contribution is -2.10. The van der Waals surface area contributed by atoms with E-state index in [4.69, 9.17) is 10.00 Å². The molecule has 2 aromatic heterocycles. The van der Waals surface area contributed by atoms with Crippen LogP contribution < -0.4 is 4.74 Å². The van der Waals surface area contributed by atoms with Gasteiger partial charge in [-0.2, -0.15) is 18.4 Å². The Bertz CT molecular complexity index is 636. The Morgan fingerprint density at radius 3 is 2.45 bits per heavy atom. The first kappa shape index (κ1) is 13.8. The van der Waals surface area contributed by atoms with E-state index in [1.165, 1.54) is 12.4 Å². The molecule has 0 radical (unpaired) electrons. The fourth-order valence-corrected chi connectivity index (χ4v) is 1.42. The Balaban J connectivity index is 2.24.